The van der Waals surface area contributed by atoms with E-state index in [0.29, 0.717) is 20.3 Å². The van der Waals surface area contributed by atoms with Crippen LogP contribution in [0.25, 0.3) is 0 Å². The minimum atomic E-state index is -1.05. The van der Waals surface area contributed by atoms with Crippen LogP contribution in [0.3, 0.4) is 0 Å². The van der Waals surface area contributed by atoms with Gasteiger partial charge in [-0.25, -0.2) is 19.2 Å². The molecule has 0 spiro atoms. The molecule has 4 rings (SSSR count). The lowest BCUT2D eigenvalue weighted by Gasteiger charge is -2.33. The monoisotopic (exact) mass is 1330 g/mol. The van der Waals surface area contributed by atoms with Crippen molar-refractivity contribution in [2.24, 2.45) is 5.41 Å². The van der Waals surface area contributed by atoms with Gasteiger partial charge in [0.25, 0.3) is 47.3 Å². The minimum absolute atomic E-state index is 0.0193. The number of hydrogen-bond donors (Lipinski definition) is 0. The van der Waals surface area contributed by atoms with Gasteiger partial charge in [0.1, 0.15) is 26.4 Å². The summed E-state index contributed by atoms with van der Waals surface area (Å²) in [5, 5.41) is 1.67. The third-order valence-corrected chi connectivity index (χ3v) is 12.9. The number of ether oxygens (including phenoxy) is 12. The summed E-state index contributed by atoms with van der Waals surface area (Å²) in [6, 6.07) is 0. The molecule has 0 unspecified atom stereocenters. The highest BCUT2D eigenvalue weighted by Crippen LogP contribution is 2.22. The number of carbonyl (C=O) groups excluding carboxylic acids is 16. The van der Waals surface area contributed by atoms with Crippen LogP contribution in [0.2, 0.25) is 0 Å². The Hall–Kier alpha value is -8.00. The summed E-state index contributed by atoms with van der Waals surface area (Å²) in [4.78, 5) is 210. The van der Waals surface area contributed by atoms with Crippen molar-refractivity contribution in [1.82, 2.24) is 20.3 Å². The van der Waals surface area contributed by atoms with Crippen LogP contribution in [0, 0.1) is 5.41 Å². The van der Waals surface area contributed by atoms with Gasteiger partial charge in [-0.1, -0.05) is 0 Å². The Bertz CT molecular complexity index is 2160. The van der Waals surface area contributed by atoms with Crippen molar-refractivity contribution in [1.29, 1.82) is 0 Å². The molecule has 0 aliphatic carbocycles. The molecule has 0 bridgehead atoms. The number of rotatable bonds is 52. The van der Waals surface area contributed by atoms with Gasteiger partial charge in [0, 0.05) is 103 Å². The van der Waals surface area contributed by atoms with Crippen LogP contribution < -0.4 is 0 Å². The molecule has 0 aromatic heterocycles. The Morgan fingerprint density at radius 3 is 0.591 bits per heavy atom. The zero-order valence-electron chi connectivity index (χ0n) is 51.6. The fraction of sp³-hybridized carbons (Fsp3) is 0.719. The van der Waals surface area contributed by atoms with Crippen molar-refractivity contribution in [3.8, 4) is 0 Å². The molecule has 4 aliphatic heterocycles. The summed E-state index contributed by atoms with van der Waals surface area (Å²) in [5.74, 6) is -11.0. The Kier molecular flexibility index (Phi) is 37.1. The normalized spacial score (nSPS) is 15.0. The standard InChI is InChI=1S/C57H80N4O32/c62-41-13-14-42(63)58(41)90-53(74)9-1-5-49(70)86-33-29-78-21-25-82-37-57(38-83-26-22-79-30-34-87-50(71)6-2-10-54(75)91-59-43(64)15-16-44(59)65,39-84-27-23-80-31-35-88-51(72)7-3-11-55(76)92-60-45(66)17-18-46(60)67)40-85-28-24-81-32-36-89-52(73)8-4-12-56(77)93-61-47(68)19-20-48(61)69/h1-40H2. The van der Waals surface area contributed by atoms with Gasteiger partial charge >= 0.3 is 47.8 Å². The number of carbonyl (C=O) groups is 16. The van der Waals surface area contributed by atoms with E-state index in [1.54, 1.807) is 0 Å². The van der Waals surface area contributed by atoms with Crippen LogP contribution in [0.15, 0.2) is 0 Å². The van der Waals surface area contributed by atoms with E-state index in [9.17, 15) is 76.7 Å². The zero-order chi connectivity index (χ0) is 67.6. The highest BCUT2D eigenvalue weighted by molar-refractivity contribution is 6.03. The van der Waals surface area contributed by atoms with Gasteiger partial charge in [0.2, 0.25) is 0 Å². The first-order chi connectivity index (χ1) is 44.7. The first-order valence-electron chi connectivity index (χ1n) is 30.3. The number of esters is 4. The molecule has 93 heavy (non-hydrogen) atoms. The third-order valence-electron chi connectivity index (χ3n) is 12.9. The van der Waals surface area contributed by atoms with Crippen molar-refractivity contribution in [2.45, 2.75) is 128 Å². The highest BCUT2D eigenvalue weighted by atomic mass is 16.7. The number of hydroxylamine groups is 8. The second-order valence-corrected chi connectivity index (χ2v) is 20.6. The molecule has 0 aromatic carbocycles. The number of imide groups is 4. The fourth-order valence-electron chi connectivity index (χ4n) is 8.16. The molecule has 0 saturated carbocycles. The van der Waals surface area contributed by atoms with E-state index >= 15 is 0 Å². The predicted octanol–water partition coefficient (Wildman–Crippen LogP) is -0.612. The topological polar surface area (TPSA) is 434 Å². The molecule has 0 N–H and O–H groups in total. The molecule has 4 fully saturated rings. The van der Waals surface area contributed by atoms with Gasteiger partial charge < -0.3 is 76.2 Å². The van der Waals surface area contributed by atoms with Gasteiger partial charge in [-0.3, -0.25) is 57.5 Å². The van der Waals surface area contributed by atoms with E-state index in [2.05, 4.69) is 0 Å². The second kappa shape index (κ2) is 44.5. The predicted molar refractivity (Wildman–Crippen MR) is 297 cm³/mol. The third kappa shape index (κ3) is 32.4. The zero-order valence-corrected chi connectivity index (χ0v) is 51.6. The van der Waals surface area contributed by atoms with Crippen LogP contribution in [-0.4, -0.2) is 247 Å². The van der Waals surface area contributed by atoms with E-state index < -0.39 is 100 Å². The van der Waals surface area contributed by atoms with Gasteiger partial charge in [-0.05, 0) is 25.7 Å². The lowest BCUT2D eigenvalue weighted by atomic mass is 9.92. The first-order valence-corrected chi connectivity index (χ1v) is 30.3. The Morgan fingerprint density at radius 2 is 0.398 bits per heavy atom. The van der Waals surface area contributed by atoms with E-state index in [0.717, 1.165) is 0 Å². The van der Waals surface area contributed by atoms with E-state index in [1.165, 1.54) is 0 Å². The maximum atomic E-state index is 12.2. The molecular formula is C57H80N4O32. The quantitative estimate of drug-likeness (QED) is 0.0317. The van der Waals surface area contributed by atoms with Crippen LogP contribution in [-0.2, 0) is 153 Å². The lowest BCUT2D eigenvalue weighted by Crippen LogP contribution is -2.43. The van der Waals surface area contributed by atoms with Crippen molar-refractivity contribution in [2.75, 3.05) is 132 Å². The Labute approximate surface area is 532 Å². The molecule has 4 heterocycles. The number of hydrogen-bond acceptors (Lipinski definition) is 32. The summed E-state index contributed by atoms with van der Waals surface area (Å²) >= 11 is 0. The molecule has 36 nitrogen and oxygen atoms in total. The van der Waals surface area contributed by atoms with Crippen LogP contribution in [0.1, 0.15) is 128 Å². The van der Waals surface area contributed by atoms with E-state index in [1.807, 2.05) is 0 Å². The van der Waals surface area contributed by atoms with E-state index in [-0.39, 0.29) is 261 Å². The number of nitrogens with zero attached hydrogens (tertiary/aromatic N) is 4. The van der Waals surface area contributed by atoms with Gasteiger partial charge in [0.05, 0.1) is 111 Å². The largest absolute Gasteiger partial charge is 0.463 e. The summed E-state index contributed by atoms with van der Waals surface area (Å²) in [6.45, 7) is -0.625. The molecule has 0 radical (unpaired) electrons. The maximum Gasteiger partial charge on any atom is 0.333 e. The molecule has 0 aromatic rings. The Balaban J connectivity index is 1.22. The molecule has 8 amide bonds. The highest BCUT2D eigenvalue weighted by Gasteiger charge is 2.37. The van der Waals surface area contributed by atoms with Gasteiger partial charge in [-0.2, -0.15) is 0 Å². The van der Waals surface area contributed by atoms with Crippen molar-refractivity contribution < 1.29 is 153 Å². The van der Waals surface area contributed by atoms with Gasteiger partial charge in [0.15, 0.2) is 0 Å². The second-order valence-electron chi connectivity index (χ2n) is 20.6. The summed E-state index contributed by atoms with van der Waals surface area (Å²) < 4.78 is 67.1. The van der Waals surface area contributed by atoms with E-state index in [4.69, 9.17) is 76.2 Å². The molecule has 4 aliphatic rings. The van der Waals surface area contributed by atoms with Crippen LogP contribution in [0.5, 0.6) is 0 Å². The fourth-order valence-corrected chi connectivity index (χ4v) is 8.16. The smallest absolute Gasteiger partial charge is 0.333 e. The molecule has 0 atom stereocenters. The maximum absolute atomic E-state index is 12.2. The first kappa shape index (κ1) is 77.4. The summed E-state index contributed by atoms with van der Waals surface area (Å²) in [7, 11) is 0. The molecule has 4 saturated heterocycles. The minimum Gasteiger partial charge on any atom is -0.463 e. The number of amides is 8. The van der Waals surface area contributed by atoms with Gasteiger partial charge in [-0.15, -0.1) is 20.3 Å². The lowest BCUT2D eigenvalue weighted by molar-refractivity contribution is -0.197. The molecule has 520 valence electrons. The molecular weight excluding hydrogens is 1250 g/mol. The summed E-state index contributed by atoms with van der Waals surface area (Å²) in [5.41, 5.74) is -1.05. The average molecular weight is 1330 g/mol. The van der Waals surface area contributed by atoms with Crippen molar-refractivity contribution in [3.63, 3.8) is 0 Å². The van der Waals surface area contributed by atoms with Crippen LogP contribution >= 0.6 is 0 Å². The van der Waals surface area contributed by atoms with Crippen molar-refractivity contribution >= 4 is 95.0 Å². The SMILES string of the molecule is O=C(CCCC(=O)ON1C(=O)CCC1=O)OCCOCCOCC(COCCOCCOC(=O)CCCC(=O)ON1C(=O)CCC1=O)(COCCOCCOC(=O)CCCC(=O)ON1C(=O)CCC1=O)COCCOCCOC(=O)CCCC(=O)ON1C(=O)CCC1=O. The van der Waals surface area contributed by atoms with Crippen molar-refractivity contribution in [3.05, 3.63) is 0 Å². The average Bonchev–Trinajstić information content (AvgIpc) is 2.29. The Morgan fingerprint density at radius 1 is 0.237 bits per heavy atom. The van der Waals surface area contributed by atoms with Crippen LogP contribution in [0.4, 0.5) is 0 Å². The summed E-state index contributed by atoms with van der Waals surface area (Å²) in [6.07, 6.45) is -1.93. The molecule has 36 heteroatoms.